The van der Waals surface area contributed by atoms with Gasteiger partial charge in [-0.1, -0.05) is 0 Å². The lowest BCUT2D eigenvalue weighted by Crippen LogP contribution is -2.42. The summed E-state index contributed by atoms with van der Waals surface area (Å²) in [6.45, 7) is -0.593. The summed E-state index contributed by atoms with van der Waals surface area (Å²) in [5.74, 6) is 0. The van der Waals surface area contributed by atoms with Gasteiger partial charge < -0.3 is 20.1 Å². The van der Waals surface area contributed by atoms with Crippen molar-refractivity contribution in [3.8, 4) is 0 Å². The summed E-state index contributed by atoms with van der Waals surface area (Å²) < 4.78 is 5.67. The molecule has 4 atom stereocenters. The standard InChI is InChI=1S/C10H12N4O7/c15-1-2-4(16)5(17)8(21-2)14-7(18)3-6(13-10(14)20)12-9(19)11-3/h2,4-5,8,15-17H,1H2,(H,13,20)(H2,11,12,19)/t2-,4-,5-,8?/m1/s1. The van der Waals surface area contributed by atoms with E-state index in [4.69, 9.17) is 9.84 Å². The van der Waals surface area contributed by atoms with Crippen molar-refractivity contribution in [2.45, 2.75) is 24.5 Å². The molecule has 2 aromatic rings. The van der Waals surface area contributed by atoms with E-state index in [2.05, 4.69) is 15.0 Å². The van der Waals surface area contributed by atoms with Crippen LogP contribution in [-0.4, -0.2) is 59.8 Å². The maximum atomic E-state index is 12.2. The lowest BCUT2D eigenvalue weighted by molar-refractivity contribution is -0.0562. The van der Waals surface area contributed by atoms with Gasteiger partial charge in [0.15, 0.2) is 11.7 Å². The minimum absolute atomic E-state index is 0.0852. The van der Waals surface area contributed by atoms with E-state index in [0.29, 0.717) is 4.57 Å². The van der Waals surface area contributed by atoms with Gasteiger partial charge in [-0.05, 0) is 0 Å². The van der Waals surface area contributed by atoms with Gasteiger partial charge in [0.2, 0.25) is 0 Å². The molecule has 11 heteroatoms. The zero-order valence-electron chi connectivity index (χ0n) is 10.4. The molecule has 1 aliphatic rings. The van der Waals surface area contributed by atoms with Crippen molar-refractivity contribution in [1.29, 1.82) is 0 Å². The van der Waals surface area contributed by atoms with Gasteiger partial charge in [0.1, 0.15) is 24.0 Å². The van der Waals surface area contributed by atoms with Gasteiger partial charge in [0, 0.05) is 0 Å². The van der Waals surface area contributed by atoms with Crippen molar-refractivity contribution >= 4 is 11.2 Å². The van der Waals surface area contributed by atoms with Crippen molar-refractivity contribution in [1.82, 2.24) is 19.5 Å². The number of aliphatic hydroxyl groups excluding tert-OH is 3. The van der Waals surface area contributed by atoms with Crippen LogP contribution in [0.1, 0.15) is 6.23 Å². The van der Waals surface area contributed by atoms with Crippen LogP contribution in [0, 0.1) is 0 Å². The topological polar surface area (TPSA) is 173 Å². The molecule has 0 amide bonds. The van der Waals surface area contributed by atoms with Gasteiger partial charge in [0.25, 0.3) is 5.56 Å². The zero-order valence-corrected chi connectivity index (χ0v) is 10.4. The molecule has 114 valence electrons. The van der Waals surface area contributed by atoms with Crippen LogP contribution in [0.15, 0.2) is 14.4 Å². The average Bonchev–Trinajstić information content (AvgIpc) is 2.93. The molecule has 0 aliphatic carbocycles. The number of imidazole rings is 1. The smallest absolute Gasteiger partial charge is 0.332 e. The molecule has 1 unspecified atom stereocenters. The fourth-order valence-corrected chi connectivity index (χ4v) is 2.34. The molecule has 3 heterocycles. The number of aliphatic hydroxyl groups is 3. The summed E-state index contributed by atoms with van der Waals surface area (Å²) in [4.78, 5) is 42.0. The number of hydrogen-bond acceptors (Lipinski definition) is 7. The van der Waals surface area contributed by atoms with Crippen LogP contribution in [0.25, 0.3) is 11.2 Å². The number of nitrogens with one attached hydrogen (secondary N) is 3. The lowest BCUT2D eigenvalue weighted by Gasteiger charge is -2.16. The Hall–Kier alpha value is -2.21. The minimum atomic E-state index is -1.58. The first-order chi connectivity index (χ1) is 9.93. The Morgan fingerprint density at radius 2 is 1.81 bits per heavy atom. The third kappa shape index (κ3) is 1.94. The normalized spacial score (nSPS) is 29.3. The van der Waals surface area contributed by atoms with Crippen LogP contribution in [0.2, 0.25) is 0 Å². The highest BCUT2D eigenvalue weighted by Gasteiger charge is 2.44. The van der Waals surface area contributed by atoms with Crippen LogP contribution in [-0.2, 0) is 4.74 Å². The molecule has 0 bridgehead atoms. The fourth-order valence-electron chi connectivity index (χ4n) is 2.34. The van der Waals surface area contributed by atoms with Gasteiger partial charge >= 0.3 is 11.4 Å². The maximum Gasteiger partial charge on any atom is 0.332 e. The lowest BCUT2D eigenvalue weighted by atomic mass is 10.1. The van der Waals surface area contributed by atoms with Gasteiger partial charge in [0.05, 0.1) is 6.61 Å². The maximum absolute atomic E-state index is 12.2. The summed E-state index contributed by atoms with van der Waals surface area (Å²) in [6, 6.07) is 0. The molecule has 1 saturated heterocycles. The highest BCUT2D eigenvalue weighted by Crippen LogP contribution is 2.27. The third-order valence-corrected chi connectivity index (χ3v) is 3.38. The van der Waals surface area contributed by atoms with Crippen molar-refractivity contribution in [3.05, 3.63) is 31.3 Å². The van der Waals surface area contributed by atoms with Crippen molar-refractivity contribution in [2.75, 3.05) is 6.61 Å². The summed E-state index contributed by atoms with van der Waals surface area (Å²) in [5.41, 5.74) is -2.80. The number of H-pyrrole nitrogens is 3. The SMILES string of the molecule is O=c1[nH]c2[nH]c(=O)n(C3O[C@H](CO)[C@@H](O)[C@H]3O)c(=O)c2[nH]1. The number of fused-ring (bicyclic) bond motifs is 1. The van der Waals surface area contributed by atoms with Crippen LogP contribution in [0.5, 0.6) is 0 Å². The molecule has 1 fully saturated rings. The second-order valence-corrected chi connectivity index (χ2v) is 4.66. The quantitative estimate of drug-likeness (QED) is 0.331. The predicted molar refractivity (Wildman–Crippen MR) is 66.8 cm³/mol. The molecule has 2 aromatic heterocycles. The molecule has 3 rings (SSSR count). The molecule has 0 radical (unpaired) electrons. The van der Waals surface area contributed by atoms with E-state index < -0.39 is 48.1 Å². The monoisotopic (exact) mass is 300 g/mol. The predicted octanol–water partition coefficient (Wildman–Crippen LogP) is -3.68. The Labute approximate surface area is 114 Å². The molecule has 0 spiro atoms. The molecular weight excluding hydrogens is 288 g/mol. The molecule has 0 saturated carbocycles. The Morgan fingerprint density at radius 3 is 2.43 bits per heavy atom. The van der Waals surface area contributed by atoms with Gasteiger partial charge in [-0.25, -0.2) is 14.2 Å². The highest BCUT2D eigenvalue weighted by molar-refractivity contribution is 5.67. The molecular formula is C10H12N4O7. The van der Waals surface area contributed by atoms with Crippen LogP contribution in [0.4, 0.5) is 0 Å². The van der Waals surface area contributed by atoms with Crippen LogP contribution < -0.4 is 16.9 Å². The second-order valence-electron chi connectivity index (χ2n) is 4.66. The van der Waals surface area contributed by atoms with E-state index in [0.717, 1.165) is 0 Å². The van der Waals surface area contributed by atoms with E-state index in [1.807, 2.05) is 0 Å². The molecule has 21 heavy (non-hydrogen) atoms. The number of aromatic nitrogens is 4. The Balaban J connectivity index is 2.19. The number of aromatic amines is 3. The third-order valence-electron chi connectivity index (χ3n) is 3.38. The summed E-state index contributed by atoms with van der Waals surface area (Å²) in [6.07, 6.45) is -5.63. The summed E-state index contributed by atoms with van der Waals surface area (Å²) >= 11 is 0. The van der Waals surface area contributed by atoms with Crippen molar-refractivity contribution in [2.24, 2.45) is 0 Å². The Morgan fingerprint density at radius 1 is 1.10 bits per heavy atom. The van der Waals surface area contributed by atoms with E-state index in [1.54, 1.807) is 0 Å². The minimum Gasteiger partial charge on any atom is -0.394 e. The highest BCUT2D eigenvalue weighted by atomic mass is 16.6. The first-order valence-electron chi connectivity index (χ1n) is 6.03. The summed E-state index contributed by atoms with van der Waals surface area (Å²) in [7, 11) is 0. The summed E-state index contributed by atoms with van der Waals surface area (Å²) in [5, 5.41) is 28.5. The first-order valence-corrected chi connectivity index (χ1v) is 6.03. The zero-order chi connectivity index (χ0) is 15.3. The largest absolute Gasteiger partial charge is 0.394 e. The molecule has 11 nitrogen and oxygen atoms in total. The van der Waals surface area contributed by atoms with E-state index in [-0.39, 0.29) is 11.2 Å². The number of ether oxygens (including phenoxy) is 1. The Kier molecular flexibility index (Phi) is 3.06. The van der Waals surface area contributed by atoms with Gasteiger partial charge in [-0.15, -0.1) is 0 Å². The molecule has 0 aromatic carbocycles. The Bertz CT molecular complexity index is 845. The van der Waals surface area contributed by atoms with Crippen molar-refractivity contribution < 1.29 is 20.1 Å². The number of rotatable bonds is 2. The number of nitrogens with zero attached hydrogens (tertiary/aromatic N) is 1. The molecule has 1 aliphatic heterocycles. The van der Waals surface area contributed by atoms with Gasteiger partial charge in [-0.2, -0.15) is 0 Å². The van der Waals surface area contributed by atoms with Crippen LogP contribution in [0.3, 0.4) is 0 Å². The van der Waals surface area contributed by atoms with Gasteiger partial charge in [-0.3, -0.25) is 19.7 Å². The van der Waals surface area contributed by atoms with E-state index in [1.165, 1.54) is 0 Å². The van der Waals surface area contributed by atoms with Crippen molar-refractivity contribution in [3.63, 3.8) is 0 Å². The average molecular weight is 300 g/mol. The first kappa shape index (κ1) is 13.8. The number of hydrogen-bond donors (Lipinski definition) is 6. The molecule has 6 N–H and O–H groups in total. The fraction of sp³-hybridized carbons (Fsp3) is 0.500. The van der Waals surface area contributed by atoms with E-state index >= 15 is 0 Å². The van der Waals surface area contributed by atoms with Crippen LogP contribution >= 0.6 is 0 Å². The second kappa shape index (κ2) is 4.66. The van der Waals surface area contributed by atoms with E-state index in [9.17, 15) is 24.6 Å².